The fourth-order valence-electron chi connectivity index (χ4n) is 1.54. The lowest BCUT2D eigenvalue weighted by Crippen LogP contribution is -3.00. The maximum Gasteiger partial charge on any atom is 0.225 e. The first-order chi connectivity index (χ1) is 7.31. The van der Waals surface area contributed by atoms with Crippen molar-refractivity contribution >= 4 is 11.3 Å². The normalized spacial score (nSPS) is 9.88. The van der Waals surface area contributed by atoms with Crippen LogP contribution in [0.4, 0.5) is 0 Å². The van der Waals surface area contributed by atoms with Gasteiger partial charge in [-0.15, -0.1) is 0 Å². The molecule has 0 saturated carbocycles. The topological polar surface area (TPSA) is 24.1 Å². The molecule has 1 heterocycles. The number of hydrogen-bond acceptors (Lipinski definition) is 2. The Bertz CT molecular complexity index is 442. The van der Waals surface area contributed by atoms with E-state index < -0.39 is 0 Å². The molecular weight excluding hydrogens is 242 g/mol. The molecule has 4 heteroatoms. The van der Waals surface area contributed by atoms with Crippen molar-refractivity contribution in [3.05, 3.63) is 52.0 Å². The molecule has 0 unspecified atom stereocenters. The first-order valence-corrected chi connectivity index (χ1v) is 5.80. The third kappa shape index (κ3) is 2.82. The average molecular weight is 256 g/mol. The summed E-state index contributed by atoms with van der Waals surface area (Å²) in [5.41, 5.74) is 4.51. The monoisotopic (exact) mass is 255 g/mol. The molecule has 2 aromatic rings. The minimum absolute atomic E-state index is 0. The van der Waals surface area contributed by atoms with Crippen molar-refractivity contribution in [2.24, 2.45) is 0 Å². The summed E-state index contributed by atoms with van der Waals surface area (Å²) in [5, 5.41) is 9.09. The van der Waals surface area contributed by atoms with Gasteiger partial charge >= 0.3 is 0 Å². The summed E-state index contributed by atoms with van der Waals surface area (Å²) < 4.78 is 2.17. The van der Waals surface area contributed by atoms with Crippen molar-refractivity contribution in [3.8, 4) is 0 Å². The summed E-state index contributed by atoms with van der Waals surface area (Å²) >= 11 is 1.61. The van der Waals surface area contributed by atoms with Crippen LogP contribution in [0.3, 0.4) is 0 Å². The second-order valence-electron chi connectivity index (χ2n) is 3.50. The van der Waals surface area contributed by atoms with E-state index in [2.05, 4.69) is 22.2 Å². The highest BCUT2D eigenvalue weighted by Gasteiger charge is 2.14. The van der Waals surface area contributed by atoms with Gasteiger partial charge < -0.3 is 17.5 Å². The molecule has 0 atom stereocenters. The Balaban J connectivity index is 0.00000128. The van der Waals surface area contributed by atoms with Gasteiger partial charge in [-0.2, -0.15) is 4.57 Å². The van der Waals surface area contributed by atoms with E-state index in [1.807, 2.05) is 25.1 Å². The van der Waals surface area contributed by atoms with Crippen LogP contribution in [0.15, 0.2) is 35.8 Å². The zero-order valence-electron chi connectivity index (χ0n) is 9.06. The average Bonchev–Trinajstić information content (AvgIpc) is 2.62. The van der Waals surface area contributed by atoms with Crippen LogP contribution in [-0.2, 0) is 13.2 Å². The van der Waals surface area contributed by atoms with E-state index in [4.69, 9.17) is 5.11 Å². The minimum Gasteiger partial charge on any atom is -1.00 e. The van der Waals surface area contributed by atoms with Gasteiger partial charge in [0.2, 0.25) is 5.51 Å². The Kier molecular flexibility index (Phi) is 4.93. The largest absolute Gasteiger partial charge is 1.00 e. The fourth-order valence-corrected chi connectivity index (χ4v) is 2.39. The molecule has 0 aliphatic rings. The summed E-state index contributed by atoms with van der Waals surface area (Å²) in [6, 6.07) is 10.3. The first kappa shape index (κ1) is 13.2. The second-order valence-corrected chi connectivity index (χ2v) is 4.44. The van der Waals surface area contributed by atoms with Gasteiger partial charge in [0.25, 0.3) is 0 Å². The molecule has 0 spiro atoms. The Hall–Kier alpha value is -0.900. The number of thiazole rings is 1. The number of hydrogen-bond donors (Lipinski definition) is 1. The molecule has 86 valence electrons. The van der Waals surface area contributed by atoms with Crippen molar-refractivity contribution in [2.45, 2.75) is 20.1 Å². The molecule has 0 saturated heterocycles. The van der Waals surface area contributed by atoms with Gasteiger partial charge in [-0.25, -0.2) is 0 Å². The van der Waals surface area contributed by atoms with Crippen molar-refractivity contribution in [3.63, 3.8) is 0 Å². The van der Waals surface area contributed by atoms with Crippen LogP contribution >= 0.6 is 11.3 Å². The molecule has 1 aromatic heterocycles. The lowest BCUT2D eigenvalue weighted by Gasteiger charge is -1.96. The summed E-state index contributed by atoms with van der Waals surface area (Å²) in [7, 11) is 0. The van der Waals surface area contributed by atoms with Crippen molar-refractivity contribution in [1.29, 1.82) is 0 Å². The predicted octanol–water partition coefficient (Wildman–Crippen LogP) is -1.11. The van der Waals surface area contributed by atoms with E-state index in [1.54, 1.807) is 11.3 Å². The summed E-state index contributed by atoms with van der Waals surface area (Å²) in [4.78, 5) is 1.05. The standard InChI is InChI=1S/C12H14NOS.ClH/c1-10-12(8-14)15-9-13(10)7-11-5-3-2-4-6-11;/h2-6,9,14H,7-8H2,1H3;1H/q+1;/p-1. The zero-order valence-corrected chi connectivity index (χ0v) is 10.6. The highest BCUT2D eigenvalue weighted by atomic mass is 35.5. The van der Waals surface area contributed by atoms with E-state index >= 15 is 0 Å². The minimum atomic E-state index is 0. The molecule has 0 amide bonds. The third-order valence-electron chi connectivity index (χ3n) is 2.50. The maximum atomic E-state index is 9.09. The van der Waals surface area contributed by atoms with Crippen molar-refractivity contribution < 1.29 is 22.1 Å². The van der Waals surface area contributed by atoms with E-state index in [0.717, 1.165) is 17.1 Å². The first-order valence-electron chi connectivity index (χ1n) is 4.92. The number of nitrogens with zero attached hydrogens (tertiary/aromatic N) is 1. The van der Waals surface area contributed by atoms with E-state index in [1.165, 1.54) is 5.56 Å². The van der Waals surface area contributed by atoms with Crippen molar-refractivity contribution in [1.82, 2.24) is 0 Å². The quantitative estimate of drug-likeness (QED) is 0.691. The van der Waals surface area contributed by atoms with Crippen LogP contribution in [0.25, 0.3) is 0 Å². The van der Waals surface area contributed by atoms with Gasteiger partial charge in [-0.1, -0.05) is 41.7 Å². The molecule has 16 heavy (non-hydrogen) atoms. The van der Waals surface area contributed by atoms with Gasteiger partial charge in [0.15, 0.2) is 12.2 Å². The molecule has 0 aliphatic heterocycles. The van der Waals surface area contributed by atoms with Gasteiger partial charge in [-0.3, -0.25) is 0 Å². The Morgan fingerprint density at radius 3 is 2.50 bits per heavy atom. The molecule has 2 rings (SSSR count). The second kappa shape index (κ2) is 5.99. The molecule has 0 fully saturated rings. The number of aromatic nitrogens is 1. The Morgan fingerprint density at radius 2 is 1.94 bits per heavy atom. The number of aliphatic hydroxyl groups excluding tert-OH is 1. The van der Waals surface area contributed by atoms with Crippen LogP contribution in [-0.4, -0.2) is 5.11 Å². The smallest absolute Gasteiger partial charge is 0.225 e. The Labute approximate surface area is 106 Å². The molecule has 1 aromatic carbocycles. The van der Waals surface area contributed by atoms with Crippen LogP contribution in [0.5, 0.6) is 0 Å². The lowest BCUT2D eigenvalue weighted by molar-refractivity contribution is -0.689. The SMILES string of the molecule is Cc1c(CO)sc[n+]1Cc1ccccc1.[Cl-]. The Morgan fingerprint density at radius 1 is 1.25 bits per heavy atom. The number of benzene rings is 1. The molecule has 0 bridgehead atoms. The van der Waals surface area contributed by atoms with Crippen molar-refractivity contribution in [2.75, 3.05) is 0 Å². The van der Waals surface area contributed by atoms with Crippen LogP contribution in [0.1, 0.15) is 16.1 Å². The van der Waals surface area contributed by atoms with E-state index in [0.29, 0.717) is 0 Å². The van der Waals surface area contributed by atoms with Gasteiger partial charge in [0.05, 0.1) is 6.61 Å². The van der Waals surface area contributed by atoms with Gasteiger partial charge in [-0.05, 0) is 0 Å². The third-order valence-corrected chi connectivity index (χ3v) is 3.56. The zero-order chi connectivity index (χ0) is 10.7. The molecule has 0 radical (unpaired) electrons. The molecule has 1 N–H and O–H groups in total. The molecule has 0 aliphatic carbocycles. The van der Waals surface area contributed by atoms with Crippen LogP contribution in [0, 0.1) is 6.92 Å². The predicted molar refractivity (Wildman–Crippen MR) is 60.7 cm³/mol. The summed E-state index contributed by atoms with van der Waals surface area (Å²) in [6.45, 7) is 3.06. The fraction of sp³-hybridized carbons (Fsp3) is 0.250. The highest BCUT2D eigenvalue weighted by molar-refractivity contribution is 7.09. The number of aliphatic hydroxyl groups is 1. The van der Waals surface area contributed by atoms with Crippen LogP contribution < -0.4 is 17.0 Å². The highest BCUT2D eigenvalue weighted by Crippen LogP contribution is 2.11. The molecule has 2 nitrogen and oxygen atoms in total. The van der Waals surface area contributed by atoms with Gasteiger partial charge in [0, 0.05) is 12.5 Å². The van der Waals surface area contributed by atoms with Gasteiger partial charge in [0.1, 0.15) is 4.88 Å². The van der Waals surface area contributed by atoms with Crippen LogP contribution in [0.2, 0.25) is 0 Å². The molecular formula is C12H14ClNOS. The number of rotatable bonds is 3. The number of halogens is 1. The van der Waals surface area contributed by atoms with E-state index in [9.17, 15) is 0 Å². The van der Waals surface area contributed by atoms with E-state index in [-0.39, 0.29) is 19.0 Å². The lowest BCUT2D eigenvalue weighted by atomic mass is 10.2. The maximum absolute atomic E-state index is 9.09. The summed E-state index contributed by atoms with van der Waals surface area (Å²) in [6.07, 6.45) is 0. The summed E-state index contributed by atoms with van der Waals surface area (Å²) in [5.74, 6) is 0.